The number of amides is 1. The van der Waals surface area contributed by atoms with E-state index in [9.17, 15) is 9.90 Å². The van der Waals surface area contributed by atoms with Crippen molar-refractivity contribution in [2.75, 3.05) is 13.1 Å². The minimum Gasteiger partial charge on any atom is -0.386 e. The molecule has 1 aliphatic carbocycles. The molecule has 0 spiro atoms. The summed E-state index contributed by atoms with van der Waals surface area (Å²) in [5.74, 6) is 0.443. The number of likely N-dealkylation sites (tertiary alicyclic amines) is 1. The van der Waals surface area contributed by atoms with Crippen LogP contribution in [0, 0.1) is 12.8 Å². The third kappa shape index (κ3) is 2.10. The van der Waals surface area contributed by atoms with Gasteiger partial charge in [-0.25, -0.2) is 0 Å². The number of β-amino-alcohol motifs (C(OH)–C–C–N with tert-alkyl or cyclic N) is 1. The molecule has 2 heterocycles. The zero-order valence-corrected chi connectivity index (χ0v) is 11.2. The van der Waals surface area contributed by atoms with Crippen LogP contribution in [-0.4, -0.2) is 34.6 Å². The van der Waals surface area contributed by atoms with E-state index in [0.717, 1.165) is 17.7 Å². The summed E-state index contributed by atoms with van der Waals surface area (Å²) in [4.78, 5) is 14.7. The highest BCUT2D eigenvalue weighted by Gasteiger charge is 2.52. The van der Waals surface area contributed by atoms with E-state index in [-0.39, 0.29) is 5.91 Å². The monoisotopic (exact) mass is 263 g/mol. The molecule has 2 aliphatic rings. The molecule has 3 nitrogen and oxygen atoms in total. The fourth-order valence-corrected chi connectivity index (χ4v) is 3.28. The summed E-state index contributed by atoms with van der Waals surface area (Å²) in [6.07, 6.45) is 5.72. The largest absolute Gasteiger partial charge is 0.386 e. The average Bonchev–Trinajstić information content (AvgIpc) is 3.07. The third-order valence-electron chi connectivity index (χ3n) is 3.86. The summed E-state index contributed by atoms with van der Waals surface area (Å²) in [6, 6.07) is 2.05. The van der Waals surface area contributed by atoms with Crippen molar-refractivity contribution in [2.45, 2.75) is 25.4 Å². The van der Waals surface area contributed by atoms with Crippen LogP contribution in [0.2, 0.25) is 0 Å². The highest BCUT2D eigenvalue weighted by molar-refractivity contribution is 7.11. The highest BCUT2D eigenvalue weighted by atomic mass is 32.1. The Balaban J connectivity index is 1.57. The van der Waals surface area contributed by atoms with Gasteiger partial charge in [-0.3, -0.25) is 4.79 Å². The van der Waals surface area contributed by atoms with Gasteiger partial charge in [-0.15, -0.1) is 11.3 Å². The van der Waals surface area contributed by atoms with E-state index >= 15 is 0 Å². The molecule has 2 fully saturated rings. The molecule has 0 aromatic carbocycles. The number of thiophene rings is 1. The van der Waals surface area contributed by atoms with Crippen LogP contribution in [-0.2, 0) is 4.79 Å². The van der Waals surface area contributed by atoms with Crippen LogP contribution in [0.1, 0.15) is 23.3 Å². The molecule has 1 N–H and O–H groups in total. The van der Waals surface area contributed by atoms with Crippen LogP contribution in [0.15, 0.2) is 17.5 Å². The van der Waals surface area contributed by atoms with Gasteiger partial charge in [-0.2, -0.15) is 0 Å². The summed E-state index contributed by atoms with van der Waals surface area (Å²) in [7, 11) is 0. The fourth-order valence-electron chi connectivity index (χ4n) is 2.46. The van der Waals surface area contributed by atoms with Crippen molar-refractivity contribution in [3.05, 3.63) is 28.0 Å². The van der Waals surface area contributed by atoms with Gasteiger partial charge < -0.3 is 10.0 Å². The van der Waals surface area contributed by atoms with E-state index in [1.54, 1.807) is 22.3 Å². The summed E-state index contributed by atoms with van der Waals surface area (Å²) >= 11 is 1.64. The number of rotatable bonds is 3. The smallest absolute Gasteiger partial charge is 0.246 e. The van der Waals surface area contributed by atoms with Gasteiger partial charge in [0.1, 0.15) is 5.60 Å². The second-order valence-corrected chi connectivity index (χ2v) is 6.32. The quantitative estimate of drug-likeness (QED) is 0.848. The van der Waals surface area contributed by atoms with E-state index in [1.807, 2.05) is 24.4 Å². The molecule has 4 heteroatoms. The molecule has 1 amide bonds. The van der Waals surface area contributed by atoms with Crippen LogP contribution in [0.3, 0.4) is 0 Å². The average molecular weight is 263 g/mol. The van der Waals surface area contributed by atoms with Crippen molar-refractivity contribution in [1.82, 2.24) is 4.90 Å². The Kier molecular flexibility index (Phi) is 2.79. The van der Waals surface area contributed by atoms with Gasteiger partial charge in [0.2, 0.25) is 5.91 Å². The first-order valence-corrected chi connectivity index (χ1v) is 7.20. The molecular weight excluding hydrogens is 246 g/mol. The Hall–Kier alpha value is -1.13. The standard InChI is InChI=1S/C14H17NO2S/c1-10-6-7-18-12(10)4-5-13(16)15-8-14(17,9-15)11-2-3-11/h4-7,11,17H,2-3,8-9H2,1H3. The summed E-state index contributed by atoms with van der Waals surface area (Å²) in [5.41, 5.74) is 0.615. The lowest BCUT2D eigenvalue weighted by atomic mass is 9.88. The Morgan fingerprint density at radius 2 is 2.28 bits per heavy atom. The summed E-state index contributed by atoms with van der Waals surface area (Å²) in [6.45, 7) is 3.05. The minimum atomic E-state index is -0.581. The zero-order chi connectivity index (χ0) is 12.8. The van der Waals surface area contributed by atoms with Gasteiger partial charge in [-0.1, -0.05) is 0 Å². The maximum Gasteiger partial charge on any atom is 0.246 e. The molecule has 0 radical (unpaired) electrons. The van der Waals surface area contributed by atoms with Crippen molar-refractivity contribution in [2.24, 2.45) is 5.92 Å². The third-order valence-corrected chi connectivity index (χ3v) is 4.84. The lowest BCUT2D eigenvalue weighted by molar-refractivity contribution is -0.154. The molecule has 1 aliphatic heterocycles. The molecule has 0 bridgehead atoms. The van der Waals surface area contributed by atoms with Crippen molar-refractivity contribution >= 4 is 23.3 Å². The second kappa shape index (κ2) is 4.21. The van der Waals surface area contributed by atoms with E-state index in [0.29, 0.717) is 19.0 Å². The molecule has 1 aromatic heterocycles. The van der Waals surface area contributed by atoms with Crippen LogP contribution < -0.4 is 0 Å². The van der Waals surface area contributed by atoms with Gasteiger partial charge in [0.15, 0.2) is 0 Å². The molecule has 3 rings (SSSR count). The number of aryl methyl sites for hydroxylation is 1. The van der Waals surface area contributed by atoms with Gasteiger partial charge in [0.25, 0.3) is 0 Å². The molecule has 18 heavy (non-hydrogen) atoms. The van der Waals surface area contributed by atoms with E-state index < -0.39 is 5.60 Å². The molecular formula is C14H17NO2S. The van der Waals surface area contributed by atoms with Gasteiger partial charge in [0.05, 0.1) is 13.1 Å². The van der Waals surface area contributed by atoms with Crippen molar-refractivity contribution in [1.29, 1.82) is 0 Å². The van der Waals surface area contributed by atoms with E-state index in [2.05, 4.69) is 0 Å². The highest BCUT2D eigenvalue weighted by Crippen LogP contribution is 2.44. The number of carbonyl (C=O) groups is 1. The first-order chi connectivity index (χ1) is 8.58. The molecule has 96 valence electrons. The summed E-state index contributed by atoms with van der Waals surface area (Å²) in [5, 5.41) is 12.2. The Bertz CT molecular complexity index is 496. The van der Waals surface area contributed by atoms with Crippen molar-refractivity contribution in [3.8, 4) is 0 Å². The number of nitrogens with zero attached hydrogens (tertiary/aromatic N) is 1. The second-order valence-electron chi connectivity index (χ2n) is 5.37. The maximum atomic E-state index is 11.9. The normalized spacial score (nSPS) is 22.2. The van der Waals surface area contributed by atoms with Crippen molar-refractivity contribution < 1.29 is 9.90 Å². The SMILES string of the molecule is Cc1ccsc1C=CC(=O)N1CC(O)(C2CC2)C1. The Morgan fingerprint density at radius 1 is 1.56 bits per heavy atom. The fraction of sp³-hybridized carbons (Fsp3) is 0.500. The number of hydrogen-bond acceptors (Lipinski definition) is 3. The van der Waals surface area contributed by atoms with Gasteiger partial charge >= 0.3 is 0 Å². The molecule has 1 aromatic rings. The van der Waals surface area contributed by atoms with Gasteiger partial charge in [-0.05, 0) is 48.8 Å². The van der Waals surface area contributed by atoms with Crippen LogP contribution >= 0.6 is 11.3 Å². The molecule has 1 saturated heterocycles. The first kappa shape index (κ1) is 11.9. The van der Waals surface area contributed by atoms with Gasteiger partial charge in [0, 0.05) is 11.0 Å². The maximum absolute atomic E-state index is 11.9. The lowest BCUT2D eigenvalue weighted by Crippen LogP contribution is -2.64. The van der Waals surface area contributed by atoms with Crippen molar-refractivity contribution in [3.63, 3.8) is 0 Å². The number of aliphatic hydroxyl groups is 1. The first-order valence-electron chi connectivity index (χ1n) is 6.32. The van der Waals surface area contributed by atoms with Crippen LogP contribution in [0.4, 0.5) is 0 Å². The number of carbonyl (C=O) groups excluding carboxylic acids is 1. The topological polar surface area (TPSA) is 40.5 Å². The Labute approximate surface area is 111 Å². The predicted octanol–water partition coefficient (Wildman–Crippen LogP) is 2.05. The zero-order valence-electron chi connectivity index (χ0n) is 10.4. The molecule has 0 atom stereocenters. The number of hydrogen-bond donors (Lipinski definition) is 1. The van der Waals surface area contributed by atoms with Crippen LogP contribution in [0.25, 0.3) is 6.08 Å². The summed E-state index contributed by atoms with van der Waals surface area (Å²) < 4.78 is 0. The molecule has 1 saturated carbocycles. The lowest BCUT2D eigenvalue weighted by Gasteiger charge is -2.46. The van der Waals surface area contributed by atoms with E-state index in [1.165, 1.54) is 5.56 Å². The predicted molar refractivity (Wildman–Crippen MR) is 72.3 cm³/mol. The molecule has 0 unspecified atom stereocenters. The Morgan fingerprint density at radius 3 is 2.83 bits per heavy atom. The minimum absolute atomic E-state index is 0.00752. The van der Waals surface area contributed by atoms with E-state index in [4.69, 9.17) is 0 Å². The van der Waals surface area contributed by atoms with Crippen LogP contribution in [0.5, 0.6) is 0 Å².